The molecule has 1 heterocycles. The van der Waals surface area contributed by atoms with Gasteiger partial charge in [-0.25, -0.2) is 0 Å². The maximum absolute atomic E-state index is 13.3. The van der Waals surface area contributed by atoms with Gasteiger partial charge in [0, 0.05) is 15.6 Å². The lowest BCUT2D eigenvalue weighted by atomic mass is 10.1. The molecule has 1 aliphatic rings. The number of thiocarbonyl (C=S) groups is 1. The van der Waals surface area contributed by atoms with Gasteiger partial charge >= 0.3 is 0 Å². The molecule has 0 atom stereocenters. The minimum absolute atomic E-state index is 0.00323. The molecule has 4 aromatic rings. The summed E-state index contributed by atoms with van der Waals surface area (Å²) in [6, 6.07) is 28.4. The zero-order valence-electron chi connectivity index (χ0n) is 20.3. The van der Waals surface area contributed by atoms with Crippen LogP contribution in [-0.4, -0.2) is 16.9 Å². The molecule has 1 N–H and O–H groups in total. The predicted octanol–water partition coefficient (Wildman–Crippen LogP) is 7.20. The van der Waals surface area contributed by atoms with Gasteiger partial charge in [-0.1, -0.05) is 59.6 Å². The fraction of sp³-hybridized carbons (Fsp3) is 0.0333. The van der Waals surface area contributed by atoms with Crippen LogP contribution in [0.2, 0.25) is 10.0 Å². The Morgan fingerprint density at radius 1 is 0.821 bits per heavy atom. The lowest BCUT2D eigenvalue weighted by Gasteiger charge is -2.29. The molecule has 0 radical (unpaired) electrons. The van der Waals surface area contributed by atoms with E-state index >= 15 is 0 Å². The second kappa shape index (κ2) is 11.7. The first-order chi connectivity index (χ1) is 18.9. The second-order valence-electron chi connectivity index (χ2n) is 8.46. The highest BCUT2D eigenvalue weighted by Crippen LogP contribution is 2.28. The van der Waals surface area contributed by atoms with Crippen LogP contribution < -0.4 is 19.7 Å². The van der Waals surface area contributed by atoms with E-state index in [0.29, 0.717) is 38.5 Å². The van der Waals surface area contributed by atoms with Gasteiger partial charge < -0.3 is 9.47 Å². The molecule has 0 saturated carbocycles. The topological polar surface area (TPSA) is 67.9 Å². The lowest BCUT2D eigenvalue weighted by molar-refractivity contribution is -0.122. The Balaban J connectivity index is 1.29. The van der Waals surface area contributed by atoms with E-state index in [2.05, 4.69) is 5.32 Å². The number of rotatable bonds is 7. The van der Waals surface area contributed by atoms with Crippen LogP contribution in [0.4, 0.5) is 5.69 Å². The van der Waals surface area contributed by atoms with Crippen LogP contribution in [0, 0.1) is 0 Å². The monoisotopic (exact) mass is 574 g/mol. The third kappa shape index (κ3) is 6.29. The van der Waals surface area contributed by atoms with Crippen molar-refractivity contribution in [2.45, 2.75) is 6.61 Å². The van der Waals surface area contributed by atoms with E-state index in [9.17, 15) is 9.59 Å². The number of carbonyl (C=O) groups is 2. The predicted molar refractivity (Wildman–Crippen MR) is 156 cm³/mol. The van der Waals surface area contributed by atoms with Gasteiger partial charge in [-0.2, -0.15) is 0 Å². The van der Waals surface area contributed by atoms with Gasteiger partial charge in [-0.05, 0) is 84.5 Å². The minimum Gasteiger partial charge on any atom is -0.489 e. The van der Waals surface area contributed by atoms with Crippen LogP contribution in [0.15, 0.2) is 103 Å². The molecule has 194 valence electrons. The third-order valence-electron chi connectivity index (χ3n) is 5.78. The maximum Gasteiger partial charge on any atom is 0.270 e. The van der Waals surface area contributed by atoms with Crippen molar-refractivity contribution < 1.29 is 19.1 Å². The van der Waals surface area contributed by atoms with Crippen LogP contribution in [0.5, 0.6) is 17.2 Å². The SMILES string of the molecule is O=C1NC(=S)N(c2ccc(Oc3ccccc3)cc2)C(=O)/C1=C/c1ccc(OCc2ccc(Cl)cc2Cl)cc1. The Kier molecular flexibility index (Phi) is 7.93. The average molecular weight is 575 g/mol. The molecule has 0 unspecified atom stereocenters. The van der Waals surface area contributed by atoms with Gasteiger partial charge in [0.15, 0.2) is 5.11 Å². The normalized spacial score (nSPS) is 14.4. The molecule has 1 saturated heterocycles. The number of nitrogens with one attached hydrogen (secondary N) is 1. The molecule has 5 rings (SSSR count). The van der Waals surface area contributed by atoms with E-state index in [4.69, 9.17) is 44.9 Å². The smallest absolute Gasteiger partial charge is 0.270 e. The Hall–Kier alpha value is -4.17. The summed E-state index contributed by atoms with van der Waals surface area (Å²) in [6.45, 7) is 0.263. The minimum atomic E-state index is -0.567. The molecule has 1 fully saturated rings. The van der Waals surface area contributed by atoms with Crippen LogP contribution in [-0.2, 0) is 16.2 Å². The van der Waals surface area contributed by atoms with Crippen molar-refractivity contribution in [3.63, 3.8) is 0 Å². The van der Waals surface area contributed by atoms with E-state index < -0.39 is 11.8 Å². The highest BCUT2D eigenvalue weighted by Gasteiger charge is 2.34. The van der Waals surface area contributed by atoms with Crippen molar-refractivity contribution in [2.75, 3.05) is 4.90 Å². The van der Waals surface area contributed by atoms with Crippen LogP contribution >= 0.6 is 35.4 Å². The number of nitrogens with zero attached hydrogens (tertiary/aromatic N) is 1. The highest BCUT2D eigenvalue weighted by molar-refractivity contribution is 7.80. The maximum atomic E-state index is 13.3. The van der Waals surface area contributed by atoms with Crippen molar-refractivity contribution in [3.05, 3.63) is 124 Å². The summed E-state index contributed by atoms with van der Waals surface area (Å²) < 4.78 is 11.6. The molecule has 0 spiro atoms. The highest BCUT2D eigenvalue weighted by atomic mass is 35.5. The van der Waals surface area contributed by atoms with Gasteiger partial charge in [-0.3, -0.25) is 19.8 Å². The summed E-state index contributed by atoms with van der Waals surface area (Å²) in [6.07, 6.45) is 1.51. The molecular weight excluding hydrogens is 555 g/mol. The van der Waals surface area contributed by atoms with E-state index in [1.807, 2.05) is 30.3 Å². The Bertz CT molecular complexity index is 1570. The number of para-hydroxylation sites is 1. The average Bonchev–Trinajstić information content (AvgIpc) is 2.93. The van der Waals surface area contributed by atoms with E-state index in [-0.39, 0.29) is 17.3 Å². The van der Waals surface area contributed by atoms with Crippen LogP contribution in [0.1, 0.15) is 11.1 Å². The first-order valence-corrected chi connectivity index (χ1v) is 12.9. The summed E-state index contributed by atoms with van der Waals surface area (Å²) in [5.74, 6) is 0.794. The van der Waals surface area contributed by atoms with E-state index in [1.54, 1.807) is 66.7 Å². The molecule has 0 bridgehead atoms. The van der Waals surface area contributed by atoms with Crippen molar-refractivity contribution in [1.82, 2.24) is 5.32 Å². The fourth-order valence-corrected chi connectivity index (χ4v) is 4.55. The molecule has 9 heteroatoms. The number of hydrogen-bond acceptors (Lipinski definition) is 5. The standard InChI is InChI=1S/C30H20Cl2N2O4S/c31-21-9-8-20(27(32)17-21)18-37-23-12-6-19(7-13-23)16-26-28(35)33-30(39)34(29(26)36)22-10-14-25(15-11-22)38-24-4-2-1-3-5-24/h1-17H,18H2,(H,33,35,39)/b26-16+. The number of hydrogen-bond donors (Lipinski definition) is 1. The van der Waals surface area contributed by atoms with Crippen molar-refractivity contribution in [3.8, 4) is 17.2 Å². The second-order valence-corrected chi connectivity index (χ2v) is 9.69. The number of anilines is 1. The van der Waals surface area contributed by atoms with Gasteiger partial charge in [0.25, 0.3) is 11.8 Å². The Morgan fingerprint density at radius 2 is 1.49 bits per heavy atom. The summed E-state index contributed by atoms with van der Waals surface area (Å²) >= 11 is 17.4. The van der Waals surface area contributed by atoms with Gasteiger partial charge in [0.1, 0.15) is 29.4 Å². The lowest BCUT2D eigenvalue weighted by Crippen LogP contribution is -2.54. The third-order valence-corrected chi connectivity index (χ3v) is 6.65. The number of benzene rings is 4. The van der Waals surface area contributed by atoms with Crippen LogP contribution in [0.3, 0.4) is 0 Å². The number of ether oxygens (including phenoxy) is 2. The summed E-state index contributed by atoms with van der Waals surface area (Å²) in [7, 11) is 0. The number of halogens is 2. The molecular formula is C30H20Cl2N2O4S. The first-order valence-electron chi connectivity index (χ1n) is 11.8. The number of carbonyl (C=O) groups excluding carboxylic acids is 2. The molecule has 0 aromatic heterocycles. The molecule has 6 nitrogen and oxygen atoms in total. The van der Waals surface area contributed by atoms with Gasteiger partial charge in [0.05, 0.1) is 5.69 Å². The largest absolute Gasteiger partial charge is 0.489 e. The molecule has 4 aromatic carbocycles. The Labute approximate surface area is 240 Å². The Morgan fingerprint density at radius 3 is 2.18 bits per heavy atom. The summed E-state index contributed by atoms with van der Waals surface area (Å²) in [5.41, 5.74) is 1.90. The first kappa shape index (κ1) is 26.4. The van der Waals surface area contributed by atoms with Crippen LogP contribution in [0.25, 0.3) is 6.08 Å². The van der Waals surface area contributed by atoms with Gasteiger partial charge in [-0.15, -0.1) is 0 Å². The fourth-order valence-electron chi connectivity index (χ4n) is 3.81. The molecule has 39 heavy (non-hydrogen) atoms. The molecule has 2 amide bonds. The zero-order valence-corrected chi connectivity index (χ0v) is 22.6. The summed E-state index contributed by atoms with van der Waals surface area (Å²) in [4.78, 5) is 27.3. The number of amides is 2. The van der Waals surface area contributed by atoms with Crippen molar-refractivity contribution >= 4 is 64.1 Å². The van der Waals surface area contributed by atoms with Crippen molar-refractivity contribution in [1.29, 1.82) is 0 Å². The summed E-state index contributed by atoms with van der Waals surface area (Å²) in [5, 5.41) is 3.67. The van der Waals surface area contributed by atoms with Crippen molar-refractivity contribution in [2.24, 2.45) is 0 Å². The van der Waals surface area contributed by atoms with E-state index in [0.717, 1.165) is 5.56 Å². The molecule has 1 aliphatic heterocycles. The zero-order chi connectivity index (χ0) is 27.4. The molecule has 0 aliphatic carbocycles. The van der Waals surface area contributed by atoms with E-state index in [1.165, 1.54) is 11.0 Å². The quantitative estimate of drug-likeness (QED) is 0.144. The van der Waals surface area contributed by atoms with Gasteiger partial charge in [0.2, 0.25) is 0 Å².